The van der Waals surface area contributed by atoms with Crippen LogP contribution in [0.5, 0.6) is 0 Å². The molecule has 1 heterocycles. The molecule has 0 aromatic heterocycles. The molecular formula is C7H14N2O2. The summed E-state index contributed by atoms with van der Waals surface area (Å²) in [5.41, 5.74) is 4.90. The smallest absolute Gasteiger partial charge is 0.404 e. The van der Waals surface area contributed by atoms with Crippen molar-refractivity contribution in [3.05, 3.63) is 0 Å². The van der Waals surface area contributed by atoms with Crippen molar-refractivity contribution < 1.29 is 9.53 Å². The maximum absolute atomic E-state index is 10.4. The van der Waals surface area contributed by atoms with Crippen molar-refractivity contribution in [2.75, 3.05) is 13.1 Å². The molecule has 1 aliphatic heterocycles. The number of amides is 1. The Hall–Kier alpha value is -0.770. The zero-order valence-electron chi connectivity index (χ0n) is 6.67. The SMILES string of the molecule is CC1CNCCC1OC(N)=O. The van der Waals surface area contributed by atoms with Crippen molar-refractivity contribution in [3.8, 4) is 0 Å². The van der Waals surface area contributed by atoms with Gasteiger partial charge in [-0.1, -0.05) is 6.92 Å². The van der Waals surface area contributed by atoms with Crippen molar-refractivity contribution in [2.24, 2.45) is 11.7 Å². The summed E-state index contributed by atoms with van der Waals surface area (Å²) in [4.78, 5) is 10.4. The van der Waals surface area contributed by atoms with Crippen LogP contribution < -0.4 is 11.1 Å². The maximum atomic E-state index is 10.4. The van der Waals surface area contributed by atoms with Gasteiger partial charge in [-0.25, -0.2) is 4.79 Å². The molecular weight excluding hydrogens is 144 g/mol. The number of piperidine rings is 1. The van der Waals surface area contributed by atoms with Gasteiger partial charge in [0.2, 0.25) is 0 Å². The van der Waals surface area contributed by atoms with E-state index < -0.39 is 6.09 Å². The Morgan fingerprint density at radius 2 is 2.45 bits per heavy atom. The predicted molar refractivity (Wildman–Crippen MR) is 41.1 cm³/mol. The summed E-state index contributed by atoms with van der Waals surface area (Å²) in [7, 11) is 0. The highest BCUT2D eigenvalue weighted by molar-refractivity contribution is 5.64. The van der Waals surface area contributed by atoms with Gasteiger partial charge in [0.1, 0.15) is 6.10 Å². The van der Waals surface area contributed by atoms with Crippen LogP contribution >= 0.6 is 0 Å². The van der Waals surface area contributed by atoms with Crippen LogP contribution in [0.25, 0.3) is 0 Å². The Kier molecular flexibility index (Phi) is 2.70. The highest BCUT2D eigenvalue weighted by Gasteiger charge is 2.23. The fourth-order valence-corrected chi connectivity index (χ4v) is 1.31. The van der Waals surface area contributed by atoms with Gasteiger partial charge in [0.15, 0.2) is 0 Å². The van der Waals surface area contributed by atoms with Crippen LogP contribution in [0.4, 0.5) is 4.79 Å². The Morgan fingerprint density at radius 3 is 3.00 bits per heavy atom. The van der Waals surface area contributed by atoms with E-state index in [-0.39, 0.29) is 6.10 Å². The van der Waals surface area contributed by atoms with E-state index in [0.29, 0.717) is 5.92 Å². The summed E-state index contributed by atoms with van der Waals surface area (Å²) in [6, 6.07) is 0. The third kappa shape index (κ3) is 2.38. The Balaban J connectivity index is 2.35. The van der Waals surface area contributed by atoms with E-state index >= 15 is 0 Å². The summed E-state index contributed by atoms with van der Waals surface area (Å²) in [5.74, 6) is 0.372. The summed E-state index contributed by atoms with van der Waals surface area (Å²) in [5, 5.41) is 3.21. The molecule has 1 fully saturated rings. The van der Waals surface area contributed by atoms with Gasteiger partial charge in [-0.3, -0.25) is 0 Å². The first-order chi connectivity index (χ1) is 5.20. The van der Waals surface area contributed by atoms with E-state index in [0.717, 1.165) is 19.5 Å². The third-order valence-corrected chi connectivity index (χ3v) is 1.97. The molecule has 4 heteroatoms. The molecule has 1 saturated heterocycles. The molecule has 1 rings (SSSR count). The third-order valence-electron chi connectivity index (χ3n) is 1.97. The van der Waals surface area contributed by atoms with Crippen LogP contribution in [0.1, 0.15) is 13.3 Å². The minimum absolute atomic E-state index is 0.00810. The molecule has 0 aliphatic carbocycles. The maximum Gasteiger partial charge on any atom is 0.404 e. The summed E-state index contributed by atoms with van der Waals surface area (Å²) in [6.45, 7) is 3.85. The number of nitrogens with two attached hydrogens (primary N) is 1. The highest BCUT2D eigenvalue weighted by atomic mass is 16.6. The molecule has 2 unspecified atom stereocenters. The number of rotatable bonds is 1. The predicted octanol–water partition coefficient (Wildman–Crippen LogP) is 0.0797. The van der Waals surface area contributed by atoms with Gasteiger partial charge in [-0.05, 0) is 13.0 Å². The fraction of sp³-hybridized carbons (Fsp3) is 0.857. The van der Waals surface area contributed by atoms with E-state index in [4.69, 9.17) is 10.5 Å². The van der Waals surface area contributed by atoms with Gasteiger partial charge in [-0.2, -0.15) is 0 Å². The van der Waals surface area contributed by atoms with Crippen molar-refractivity contribution >= 4 is 6.09 Å². The number of carbonyl (C=O) groups is 1. The molecule has 0 aromatic rings. The fourth-order valence-electron chi connectivity index (χ4n) is 1.31. The van der Waals surface area contributed by atoms with Crippen LogP contribution in [0.2, 0.25) is 0 Å². The van der Waals surface area contributed by atoms with E-state index in [1.54, 1.807) is 0 Å². The molecule has 0 aromatic carbocycles. The Labute approximate surface area is 66.1 Å². The van der Waals surface area contributed by atoms with Crippen LogP contribution in [-0.4, -0.2) is 25.3 Å². The van der Waals surface area contributed by atoms with Crippen LogP contribution in [0, 0.1) is 5.92 Å². The zero-order chi connectivity index (χ0) is 8.27. The van der Waals surface area contributed by atoms with Gasteiger partial charge < -0.3 is 15.8 Å². The first-order valence-corrected chi connectivity index (χ1v) is 3.87. The quantitative estimate of drug-likeness (QED) is 0.568. The van der Waals surface area contributed by atoms with Crippen LogP contribution in [0.3, 0.4) is 0 Å². The molecule has 0 radical (unpaired) electrons. The second kappa shape index (κ2) is 3.57. The van der Waals surface area contributed by atoms with E-state index in [9.17, 15) is 4.79 Å². The minimum Gasteiger partial charge on any atom is -0.446 e. The number of ether oxygens (including phenoxy) is 1. The van der Waals surface area contributed by atoms with Crippen molar-refractivity contribution in [1.29, 1.82) is 0 Å². The molecule has 4 nitrogen and oxygen atoms in total. The molecule has 1 aliphatic rings. The van der Waals surface area contributed by atoms with Crippen LogP contribution in [-0.2, 0) is 4.74 Å². The summed E-state index contributed by atoms with van der Waals surface area (Å²) < 4.78 is 4.90. The molecule has 11 heavy (non-hydrogen) atoms. The number of hydrogen-bond donors (Lipinski definition) is 2. The van der Waals surface area contributed by atoms with E-state index in [2.05, 4.69) is 5.32 Å². The molecule has 0 bridgehead atoms. The normalized spacial score (nSPS) is 31.4. The van der Waals surface area contributed by atoms with Crippen molar-refractivity contribution in [2.45, 2.75) is 19.4 Å². The highest BCUT2D eigenvalue weighted by Crippen LogP contribution is 2.13. The van der Waals surface area contributed by atoms with Gasteiger partial charge in [0.25, 0.3) is 0 Å². The topological polar surface area (TPSA) is 64.3 Å². The Bertz CT molecular complexity index is 149. The lowest BCUT2D eigenvalue weighted by Crippen LogP contribution is -2.41. The van der Waals surface area contributed by atoms with Gasteiger partial charge in [0, 0.05) is 12.5 Å². The lowest BCUT2D eigenvalue weighted by Gasteiger charge is -2.28. The van der Waals surface area contributed by atoms with Crippen molar-refractivity contribution in [3.63, 3.8) is 0 Å². The molecule has 64 valence electrons. The second-order valence-electron chi connectivity index (χ2n) is 2.95. The summed E-state index contributed by atoms with van der Waals surface area (Å²) in [6.07, 6.45) is 0.210. The molecule has 1 amide bonds. The first-order valence-electron chi connectivity index (χ1n) is 3.87. The monoisotopic (exact) mass is 158 g/mol. The number of nitrogens with one attached hydrogen (secondary N) is 1. The lowest BCUT2D eigenvalue weighted by atomic mass is 9.98. The zero-order valence-corrected chi connectivity index (χ0v) is 6.67. The van der Waals surface area contributed by atoms with Gasteiger partial charge in [-0.15, -0.1) is 0 Å². The molecule has 2 atom stereocenters. The average Bonchev–Trinajstić information content (AvgIpc) is 1.93. The molecule has 0 saturated carbocycles. The largest absolute Gasteiger partial charge is 0.446 e. The number of primary amides is 1. The average molecular weight is 158 g/mol. The van der Waals surface area contributed by atoms with Gasteiger partial charge in [0.05, 0.1) is 0 Å². The first kappa shape index (κ1) is 8.33. The van der Waals surface area contributed by atoms with E-state index in [1.165, 1.54) is 0 Å². The van der Waals surface area contributed by atoms with E-state index in [1.807, 2.05) is 6.92 Å². The van der Waals surface area contributed by atoms with Gasteiger partial charge >= 0.3 is 6.09 Å². The standard InChI is InChI=1S/C7H14N2O2/c1-5-4-9-3-2-6(5)11-7(8)10/h5-6,9H,2-4H2,1H3,(H2,8,10). The van der Waals surface area contributed by atoms with Crippen molar-refractivity contribution in [1.82, 2.24) is 5.32 Å². The molecule has 0 spiro atoms. The summed E-state index contributed by atoms with van der Waals surface area (Å²) >= 11 is 0. The van der Waals surface area contributed by atoms with Crippen LogP contribution in [0.15, 0.2) is 0 Å². The minimum atomic E-state index is -0.663. The Morgan fingerprint density at radius 1 is 1.73 bits per heavy atom. The number of carbonyl (C=O) groups excluding carboxylic acids is 1. The number of hydrogen-bond acceptors (Lipinski definition) is 3. The molecule has 3 N–H and O–H groups in total. The second-order valence-corrected chi connectivity index (χ2v) is 2.95. The lowest BCUT2D eigenvalue weighted by molar-refractivity contribution is 0.0557.